The van der Waals surface area contributed by atoms with E-state index in [0.29, 0.717) is 22.9 Å². The number of nitrogens with zero attached hydrogens (tertiary/aromatic N) is 3. The Morgan fingerprint density at radius 1 is 1.06 bits per heavy atom. The lowest BCUT2D eigenvalue weighted by molar-refractivity contribution is -0.120. The van der Waals surface area contributed by atoms with Crippen LogP contribution in [0.15, 0.2) is 54.2 Å². The number of rotatable bonds is 9. The van der Waals surface area contributed by atoms with Gasteiger partial charge in [-0.25, -0.2) is 4.98 Å². The first kappa shape index (κ1) is 22.6. The van der Waals surface area contributed by atoms with Crippen LogP contribution < -0.4 is 10.6 Å². The first-order valence-electron chi connectivity index (χ1n) is 10.8. The average molecular weight is 464 g/mol. The molecule has 3 amide bonds. The van der Waals surface area contributed by atoms with Crippen molar-refractivity contribution in [1.82, 2.24) is 20.2 Å². The van der Waals surface area contributed by atoms with Gasteiger partial charge in [0.15, 0.2) is 5.13 Å². The summed E-state index contributed by atoms with van der Waals surface area (Å²) in [6.45, 7) is 2.35. The number of aromatic nitrogens is 2. The maximum absolute atomic E-state index is 12.9. The number of hydrogen-bond donors (Lipinski definition) is 2. The van der Waals surface area contributed by atoms with E-state index in [9.17, 15) is 14.4 Å². The second kappa shape index (κ2) is 10.4. The molecule has 0 atom stereocenters. The van der Waals surface area contributed by atoms with Crippen molar-refractivity contribution in [3.05, 3.63) is 76.6 Å². The first-order chi connectivity index (χ1) is 16.0. The summed E-state index contributed by atoms with van der Waals surface area (Å²) < 4.78 is 0. The number of nitrogens with one attached hydrogen (secondary N) is 2. The smallest absolute Gasteiger partial charge is 0.254 e. The molecule has 9 heteroatoms. The highest BCUT2D eigenvalue weighted by Gasteiger charge is 2.34. The summed E-state index contributed by atoms with van der Waals surface area (Å²) in [5.41, 5.74) is 3.20. The molecule has 2 N–H and O–H groups in total. The van der Waals surface area contributed by atoms with Crippen LogP contribution in [0.2, 0.25) is 0 Å². The molecular formula is C24H25N5O3S. The van der Waals surface area contributed by atoms with Gasteiger partial charge in [-0.05, 0) is 49.6 Å². The molecule has 4 rings (SSSR count). The van der Waals surface area contributed by atoms with Gasteiger partial charge < -0.3 is 15.5 Å². The number of hydrogen-bond acceptors (Lipinski definition) is 6. The number of anilines is 1. The summed E-state index contributed by atoms with van der Waals surface area (Å²) in [4.78, 5) is 47.6. The van der Waals surface area contributed by atoms with Gasteiger partial charge in [-0.2, -0.15) is 0 Å². The first-order valence-corrected chi connectivity index (χ1v) is 11.6. The van der Waals surface area contributed by atoms with Gasteiger partial charge in [0.05, 0.1) is 12.1 Å². The molecule has 2 heterocycles. The number of amides is 3. The van der Waals surface area contributed by atoms with E-state index < -0.39 is 0 Å². The fourth-order valence-electron chi connectivity index (χ4n) is 3.30. The molecule has 33 heavy (non-hydrogen) atoms. The molecule has 0 bridgehead atoms. The second-order valence-corrected chi connectivity index (χ2v) is 8.89. The minimum atomic E-state index is -0.301. The van der Waals surface area contributed by atoms with Crippen LogP contribution in [-0.4, -0.2) is 45.2 Å². The third-order valence-corrected chi connectivity index (χ3v) is 6.05. The predicted molar refractivity (Wildman–Crippen MR) is 126 cm³/mol. The molecule has 8 nitrogen and oxygen atoms in total. The molecule has 1 aliphatic carbocycles. The number of carbonyl (C=O) groups is 3. The van der Waals surface area contributed by atoms with Crippen LogP contribution in [-0.2, 0) is 22.6 Å². The Kier molecular flexibility index (Phi) is 7.09. The van der Waals surface area contributed by atoms with Gasteiger partial charge in [0.1, 0.15) is 6.54 Å². The maximum atomic E-state index is 12.9. The summed E-state index contributed by atoms with van der Waals surface area (Å²) in [6, 6.07) is 11.1. The lowest BCUT2D eigenvalue weighted by Crippen LogP contribution is -2.39. The van der Waals surface area contributed by atoms with Gasteiger partial charge in [-0.3, -0.25) is 19.4 Å². The molecule has 0 aliphatic heterocycles. The van der Waals surface area contributed by atoms with Crippen LogP contribution in [0.25, 0.3) is 0 Å². The molecule has 3 aromatic rings. The molecule has 0 unspecified atom stereocenters. The number of benzene rings is 1. The summed E-state index contributed by atoms with van der Waals surface area (Å²) in [6.07, 6.45) is 5.28. The molecule has 2 aromatic heterocycles. The Morgan fingerprint density at radius 2 is 1.79 bits per heavy atom. The van der Waals surface area contributed by atoms with Crippen LogP contribution in [0.1, 0.15) is 40.0 Å². The summed E-state index contributed by atoms with van der Waals surface area (Å²) in [7, 11) is 0. The Hall–Kier alpha value is -3.59. The van der Waals surface area contributed by atoms with Crippen molar-refractivity contribution in [2.45, 2.75) is 38.8 Å². The summed E-state index contributed by atoms with van der Waals surface area (Å²) >= 11 is 1.26. The molecule has 1 fully saturated rings. The largest absolute Gasteiger partial charge is 0.352 e. The highest BCUT2D eigenvalue weighted by atomic mass is 32.1. The van der Waals surface area contributed by atoms with E-state index in [1.807, 2.05) is 31.2 Å². The molecule has 1 saturated carbocycles. The lowest BCUT2D eigenvalue weighted by Gasteiger charge is -2.21. The van der Waals surface area contributed by atoms with E-state index in [1.54, 1.807) is 34.8 Å². The van der Waals surface area contributed by atoms with E-state index in [2.05, 4.69) is 20.6 Å². The van der Waals surface area contributed by atoms with Gasteiger partial charge in [-0.15, -0.1) is 11.3 Å². The van der Waals surface area contributed by atoms with Crippen molar-refractivity contribution in [2.24, 2.45) is 0 Å². The van der Waals surface area contributed by atoms with Crippen molar-refractivity contribution >= 4 is 34.2 Å². The zero-order chi connectivity index (χ0) is 23.2. The molecule has 0 spiro atoms. The van der Waals surface area contributed by atoms with Crippen LogP contribution in [0.5, 0.6) is 0 Å². The second-order valence-electron chi connectivity index (χ2n) is 8.03. The third-order valence-electron chi connectivity index (χ3n) is 5.24. The molecule has 170 valence electrons. The zero-order valence-corrected chi connectivity index (χ0v) is 19.1. The van der Waals surface area contributed by atoms with Crippen molar-refractivity contribution in [2.75, 3.05) is 11.9 Å². The van der Waals surface area contributed by atoms with Crippen LogP contribution >= 0.6 is 11.3 Å². The standard InChI is InChI=1S/C24H25N5O3S/c1-16-2-4-18(5-3-16)23(32)29(20-6-7-20)14-22(31)28-24-27-19(15-33-24)12-21(30)26-13-17-8-10-25-11-9-17/h2-5,8-11,15,20H,6-7,12-14H2,1H3,(H,26,30)(H,27,28,31). The Bertz CT molecular complexity index is 1130. The van der Waals surface area contributed by atoms with E-state index in [4.69, 9.17) is 0 Å². The van der Waals surface area contributed by atoms with E-state index in [1.165, 1.54) is 11.3 Å². The van der Waals surface area contributed by atoms with Gasteiger partial charge in [0.25, 0.3) is 5.91 Å². The number of pyridine rings is 1. The van der Waals surface area contributed by atoms with Crippen molar-refractivity contribution in [3.8, 4) is 0 Å². The highest BCUT2D eigenvalue weighted by molar-refractivity contribution is 7.13. The van der Waals surface area contributed by atoms with Crippen LogP contribution in [0, 0.1) is 6.92 Å². The van der Waals surface area contributed by atoms with Crippen LogP contribution in [0.4, 0.5) is 5.13 Å². The van der Waals surface area contributed by atoms with Gasteiger partial charge in [0, 0.05) is 35.9 Å². The van der Waals surface area contributed by atoms with Crippen molar-refractivity contribution in [3.63, 3.8) is 0 Å². The molecule has 0 radical (unpaired) electrons. The Labute approximate surface area is 196 Å². The van der Waals surface area contributed by atoms with E-state index in [0.717, 1.165) is 24.0 Å². The monoisotopic (exact) mass is 463 g/mol. The fourth-order valence-corrected chi connectivity index (χ4v) is 4.03. The highest BCUT2D eigenvalue weighted by Crippen LogP contribution is 2.28. The Morgan fingerprint density at radius 3 is 2.48 bits per heavy atom. The van der Waals surface area contributed by atoms with E-state index >= 15 is 0 Å². The molecule has 1 aromatic carbocycles. The normalized spacial score (nSPS) is 12.8. The number of aryl methyl sites for hydroxylation is 1. The van der Waals surface area contributed by atoms with Gasteiger partial charge >= 0.3 is 0 Å². The van der Waals surface area contributed by atoms with Crippen molar-refractivity contribution < 1.29 is 14.4 Å². The zero-order valence-electron chi connectivity index (χ0n) is 18.3. The topological polar surface area (TPSA) is 104 Å². The predicted octanol–water partition coefficient (Wildman–Crippen LogP) is 2.95. The van der Waals surface area contributed by atoms with E-state index in [-0.39, 0.29) is 36.7 Å². The molecule has 1 aliphatic rings. The van der Waals surface area contributed by atoms with Gasteiger partial charge in [-0.1, -0.05) is 17.7 Å². The van der Waals surface area contributed by atoms with Gasteiger partial charge in [0.2, 0.25) is 11.8 Å². The van der Waals surface area contributed by atoms with Crippen molar-refractivity contribution in [1.29, 1.82) is 0 Å². The number of thiazole rings is 1. The maximum Gasteiger partial charge on any atom is 0.254 e. The third kappa shape index (κ3) is 6.45. The SMILES string of the molecule is Cc1ccc(C(=O)N(CC(=O)Nc2nc(CC(=O)NCc3ccncc3)cs2)C2CC2)cc1. The molecular weight excluding hydrogens is 438 g/mol. The lowest BCUT2D eigenvalue weighted by atomic mass is 10.1. The number of carbonyl (C=O) groups excluding carboxylic acids is 3. The quantitative estimate of drug-likeness (QED) is 0.508. The minimum absolute atomic E-state index is 0.0291. The summed E-state index contributed by atoms with van der Waals surface area (Å²) in [5.74, 6) is -0.595. The van der Waals surface area contributed by atoms with Crippen LogP contribution in [0.3, 0.4) is 0 Å². The average Bonchev–Trinajstić information content (AvgIpc) is 3.57. The fraction of sp³-hybridized carbons (Fsp3) is 0.292. The summed E-state index contributed by atoms with van der Waals surface area (Å²) in [5, 5.41) is 7.76. The minimum Gasteiger partial charge on any atom is -0.352 e. The molecule has 0 saturated heterocycles. The Balaban J connectivity index is 1.29.